The van der Waals surface area contributed by atoms with E-state index in [2.05, 4.69) is 10.6 Å². The molecule has 2 heterocycles. The standard InChI is InChI=1S/C14H16N2O3S/c1-3-18-12(17)10-11-8-6-4-5-7-9(8)19-14(10,2)16-13(20)15-11/h4-7,10-11H,3H2,1-2H3,(H2,15,16,20)/t10-,11-,14-/m1/s1. The van der Waals surface area contributed by atoms with Gasteiger partial charge >= 0.3 is 5.97 Å². The van der Waals surface area contributed by atoms with E-state index in [1.165, 1.54) is 0 Å². The minimum atomic E-state index is -0.895. The highest BCUT2D eigenvalue weighted by Gasteiger charge is 2.55. The number of carbonyl (C=O) groups excluding carboxylic acids is 1. The van der Waals surface area contributed by atoms with Crippen LogP contribution in [0.1, 0.15) is 25.5 Å². The molecule has 0 saturated carbocycles. The van der Waals surface area contributed by atoms with Gasteiger partial charge in [-0.3, -0.25) is 4.79 Å². The first-order chi connectivity index (χ1) is 9.55. The summed E-state index contributed by atoms with van der Waals surface area (Å²) in [7, 11) is 0. The normalized spacial score (nSPS) is 30.4. The van der Waals surface area contributed by atoms with Gasteiger partial charge in [0, 0.05) is 5.56 Å². The van der Waals surface area contributed by atoms with Crippen molar-refractivity contribution >= 4 is 23.3 Å². The molecule has 2 aliphatic rings. The number of nitrogens with one attached hydrogen (secondary N) is 2. The van der Waals surface area contributed by atoms with Crippen LogP contribution in [0.4, 0.5) is 0 Å². The Morgan fingerprint density at radius 2 is 2.25 bits per heavy atom. The monoisotopic (exact) mass is 292 g/mol. The SMILES string of the molecule is CCOC(=O)[C@H]1[C@@H]2NC(=S)N[C@]1(C)Oc1ccccc12. The number of thiocarbonyl (C=S) groups is 1. The average molecular weight is 292 g/mol. The molecule has 5 nitrogen and oxygen atoms in total. The Morgan fingerprint density at radius 3 is 3.00 bits per heavy atom. The van der Waals surface area contributed by atoms with E-state index < -0.39 is 11.6 Å². The first-order valence-corrected chi connectivity index (χ1v) is 6.99. The number of hydrogen-bond acceptors (Lipinski definition) is 4. The van der Waals surface area contributed by atoms with Crippen LogP contribution in [0.3, 0.4) is 0 Å². The fraction of sp³-hybridized carbons (Fsp3) is 0.429. The van der Waals surface area contributed by atoms with Crippen molar-refractivity contribution in [1.82, 2.24) is 10.6 Å². The molecule has 3 atom stereocenters. The molecule has 20 heavy (non-hydrogen) atoms. The molecule has 0 spiro atoms. The van der Waals surface area contributed by atoms with Crippen LogP contribution in [-0.2, 0) is 9.53 Å². The van der Waals surface area contributed by atoms with Crippen LogP contribution in [-0.4, -0.2) is 23.4 Å². The van der Waals surface area contributed by atoms with Gasteiger partial charge in [0.2, 0.25) is 0 Å². The molecule has 106 valence electrons. The van der Waals surface area contributed by atoms with E-state index >= 15 is 0 Å². The van der Waals surface area contributed by atoms with E-state index in [4.69, 9.17) is 21.7 Å². The second-order valence-corrected chi connectivity index (χ2v) is 5.46. The van der Waals surface area contributed by atoms with Gasteiger partial charge in [0.25, 0.3) is 0 Å². The highest BCUT2D eigenvalue weighted by atomic mass is 32.1. The van der Waals surface area contributed by atoms with E-state index in [9.17, 15) is 4.79 Å². The summed E-state index contributed by atoms with van der Waals surface area (Å²) < 4.78 is 11.2. The lowest BCUT2D eigenvalue weighted by Crippen LogP contribution is -2.70. The molecule has 0 radical (unpaired) electrons. The number of benzene rings is 1. The third-order valence-electron chi connectivity index (χ3n) is 3.69. The Hall–Kier alpha value is -1.82. The van der Waals surface area contributed by atoms with Crippen molar-refractivity contribution in [3.8, 4) is 5.75 Å². The first kappa shape index (κ1) is 13.2. The molecule has 2 aliphatic heterocycles. The molecule has 2 bridgehead atoms. The predicted molar refractivity (Wildman–Crippen MR) is 77.2 cm³/mol. The molecule has 6 heteroatoms. The molecule has 1 saturated heterocycles. The van der Waals surface area contributed by atoms with Crippen LogP contribution in [0, 0.1) is 5.92 Å². The van der Waals surface area contributed by atoms with Crippen molar-refractivity contribution in [3.63, 3.8) is 0 Å². The fourth-order valence-electron chi connectivity index (χ4n) is 2.88. The lowest BCUT2D eigenvalue weighted by Gasteiger charge is -2.50. The summed E-state index contributed by atoms with van der Waals surface area (Å²) >= 11 is 5.21. The molecule has 0 unspecified atom stereocenters. The van der Waals surface area contributed by atoms with Crippen molar-refractivity contribution in [3.05, 3.63) is 29.8 Å². The van der Waals surface area contributed by atoms with Crippen molar-refractivity contribution in [2.24, 2.45) is 5.92 Å². The molecule has 1 fully saturated rings. The van der Waals surface area contributed by atoms with Gasteiger partial charge in [-0.2, -0.15) is 0 Å². The van der Waals surface area contributed by atoms with Gasteiger partial charge in [-0.15, -0.1) is 0 Å². The predicted octanol–water partition coefficient (Wildman–Crippen LogP) is 1.49. The Bertz CT molecular complexity index is 577. The van der Waals surface area contributed by atoms with Crippen molar-refractivity contribution < 1.29 is 14.3 Å². The van der Waals surface area contributed by atoms with E-state index in [1.54, 1.807) is 6.92 Å². The Morgan fingerprint density at radius 1 is 1.50 bits per heavy atom. The summed E-state index contributed by atoms with van der Waals surface area (Å²) in [6, 6.07) is 7.41. The van der Waals surface area contributed by atoms with Crippen LogP contribution in [0.15, 0.2) is 24.3 Å². The summed E-state index contributed by atoms with van der Waals surface area (Å²) in [6.07, 6.45) is 0. The van der Waals surface area contributed by atoms with Gasteiger partial charge in [-0.25, -0.2) is 0 Å². The van der Waals surface area contributed by atoms with Crippen LogP contribution < -0.4 is 15.4 Å². The van der Waals surface area contributed by atoms with Gasteiger partial charge in [0.1, 0.15) is 11.7 Å². The summed E-state index contributed by atoms with van der Waals surface area (Å²) in [5.41, 5.74) is 0.0278. The molecule has 3 rings (SSSR count). The molecule has 0 amide bonds. The Balaban J connectivity index is 2.08. The average Bonchev–Trinajstić information content (AvgIpc) is 2.37. The molecular weight excluding hydrogens is 276 g/mol. The number of rotatable bonds is 2. The van der Waals surface area contributed by atoms with Crippen molar-refractivity contribution in [2.45, 2.75) is 25.6 Å². The quantitative estimate of drug-likeness (QED) is 0.636. The van der Waals surface area contributed by atoms with E-state index in [1.807, 2.05) is 31.2 Å². The smallest absolute Gasteiger partial charge is 0.317 e. The Kier molecular flexibility index (Phi) is 3.05. The highest BCUT2D eigenvalue weighted by molar-refractivity contribution is 7.80. The summed E-state index contributed by atoms with van der Waals surface area (Å²) in [4.78, 5) is 12.3. The number of esters is 1. The van der Waals surface area contributed by atoms with Gasteiger partial charge in [-0.05, 0) is 32.1 Å². The number of fused-ring (bicyclic) bond motifs is 4. The maximum absolute atomic E-state index is 12.3. The second kappa shape index (κ2) is 4.63. The minimum absolute atomic E-state index is 0.238. The third kappa shape index (κ3) is 1.91. The maximum atomic E-state index is 12.3. The maximum Gasteiger partial charge on any atom is 0.317 e. The number of hydrogen-bond donors (Lipinski definition) is 2. The van der Waals surface area contributed by atoms with Crippen LogP contribution in [0.2, 0.25) is 0 Å². The van der Waals surface area contributed by atoms with E-state index in [0.717, 1.165) is 11.3 Å². The van der Waals surface area contributed by atoms with Crippen molar-refractivity contribution in [2.75, 3.05) is 6.61 Å². The van der Waals surface area contributed by atoms with Gasteiger partial charge in [-0.1, -0.05) is 18.2 Å². The van der Waals surface area contributed by atoms with Crippen molar-refractivity contribution in [1.29, 1.82) is 0 Å². The zero-order chi connectivity index (χ0) is 14.3. The minimum Gasteiger partial charge on any atom is -0.467 e. The summed E-state index contributed by atoms with van der Waals surface area (Å²) in [5.74, 6) is -0.0379. The lowest BCUT2D eigenvalue weighted by atomic mass is 9.80. The topological polar surface area (TPSA) is 59.6 Å². The lowest BCUT2D eigenvalue weighted by molar-refractivity contribution is -0.161. The van der Waals surface area contributed by atoms with Gasteiger partial charge in [0.05, 0.1) is 12.6 Å². The summed E-state index contributed by atoms with van der Waals surface area (Å²) in [5, 5.41) is 6.69. The largest absolute Gasteiger partial charge is 0.467 e. The number of carbonyl (C=O) groups is 1. The van der Waals surface area contributed by atoms with Crippen LogP contribution in [0.25, 0.3) is 0 Å². The number of para-hydroxylation sites is 1. The van der Waals surface area contributed by atoms with E-state index in [-0.39, 0.29) is 12.0 Å². The molecular formula is C14H16N2O3S. The van der Waals surface area contributed by atoms with Crippen LogP contribution in [0.5, 0.6) is 5.75 Å². The Labute approximate surface area is 122 Å². The van der Waals surface area contributed by atoms with Crippen LogP contribution >= 0.6 is 12.2 Å². The molecule has 2 N–H and O–H groups in total. The van der Waals surface area contributed by atoms with Gasteiger partial charge in [0.15, 0.2) is 10.8 Å². The zero-order valence-corrected chi connectivity index (χ0v) is 12.1. The fourth-order valence-corrected chi connectivity index (χ4v) is 3.21. The molecule has 0 aliphatic carbocycles. The highest BCUT2D eigenvalue weighted by Crippen LogP contribution is 2.44. The third-order valence-corrected chi connectivity index (χ3v) is 3.91. The second-order valence-electron chi connectivity index (χ2n) is 5.05. The molecule has 1 aromatic rings. The van der Waals surface area contributed by atoms with Gasteiger partial charge < -0.3 is 20.1 Å². The number of ether oxygens (including phenoxy) is 2. The zero-order valence-electron chi connectivity index (χ0n) is 11.3. The summed E-state index contributed by atoms with van der Waals surface area (Å²) in [6.45, 7) is 3.95. The molecule has 1 aromatic carbocycles. The molecule has 0 aromatic heterocycles. The first-order valence-electron chi connectivity index (χ1n) is 6.58. The van der Waals surface area contributed by atoms with E-state index in [0.29, 0.717) is 11.7 Å².